The molecule has 0 bridgehead atoms. The van der Waals surface area contributed by atoms with Gasteiger partial charge in [-0.2, -0.15) is 0 Å². The zero-order valence-electron chi connectivity index (χ0n) is 18.6. The summed E-state index contributed by atoms with van der Waals surface area (Å²) >= 11 is 0. The number of hydrogen-bond acceptors (Lipinski definition) is 5. The van der Waals surface area contributed by atoms with Crippen LogP contribution in [-0.2, 0) is 13.6 Å². The van der Waals surface area contributed by atoms with Gasteiger partial charge in [-0.3, -0.25) is 4.79 Å². The molecule has 0 radical (unpaired) electrons. The summed E-state index contributed by atoms with van der Waals surface area (Å²) in [7, 11) is 3.27. The van der Waals surface area contributed by atoms with Crippen LogP contribution in [-0.4, -0.2) is 23.0 Å². The second-order valence-corrected chi connectivity index (χ2v) is 7.73. The highest BCUT2D eigenvalue weighted by molar-refractivity contribution is 5.96. The fourth-order valence-corrected chi connectivity index (χ4v) is 3.76. The monoisotopic (exact) mass is 419 g/mol. The van der Waals surface area contributed by atoms with Crippen LogP contribution in [0.25, 0.3) is 11.1 Å². The van der Waals surface area contributed by atoms with Gasteiger partial charge in [0, 0.05) is 30.9 Å². The van der Waals surface area contributed by atoms with Gasteiger partial charge in [-0.25, -0.2) is 0 Å². The lowest BCUT2D eigenvalue weighted by Gasteiger charge is -2.22. The number of aliphatic hydroxyl groups is 1. The molecule has 0 saturated heterocycles. The minimum atomic E-state index is -0.872. The Morgan fingerprint density at radius 1 is 1.16 bits per heavy atom. The summed E-state index contributed by atoms with van der Waals surface area (Å²) < 4.78 is 6.67. The number of rotatable bonds is 7. The summed E-state index contributed by atoms with van der Waals surface area (Å²) in [6.45, 7) is 6.11. The van der Waals surface area contributed by atoms with E-state index in [1.807, 2.05) is 56.3 Å². The minimum Gasteiger partial charge on any atom is -0.497 e. The van der Waals surface area contributed by atoms with E-state index in [0.717, 1.165) is 28.0 Å². The van der Waals surface area contributed by atoms with Gasteiger partial charge in [0.1, 0.15) is 11.4 Å². The highest BCUT2D eigenvalue weighted by Crippen LogP contribution is 2.34. The number of nitrogens with one attached hydrogen (secondary N) is 2. The van der Waals surface area contributed by atoms with E-state index in [9.17, 15) is 9.90 Å². The molecular weight excluding hydrogens is 390 g/mol. The number of benzene rings is 2. The highest BCUT2D eigenvalue weighted by atomic mass is 16.5. The molecule has 1 aromatic heterocycles. The van der Waals surface area contributed by atoms with Crippen molar-refractivity contribution < 1.29 is 9.84 Å². The van der Waals surface area contributed by atoms with Crippen molar-refractivity contribution in [2.75, 3.05) is 12.4 Å². The average Bonchev–Trinajstić information content (AvgIpc) is 2.76. The molecule has 162 valence electrons. The summed E-state index contributed by atoms with van der Waals surface area (Å²) in [6, 6.07) is 13.6. The van der Waals surface area contributed by atoms with Crippen LogP contribution in [0.3, 0.4) is 0 Å². The van der Waals surface area contributed by atoms with E-state index in [-0.39, 0.29) is 5.56 Å². The summed E-state index contributed by atoms with van der Waals surface area (Å²) in [5.41, 5.74) is 5.80. The summed E-state index contributed by atoms with van der Waals surface area (Å²) in [4.78, 5) is 13.2. The molecule has 1 atom stereocenters. The van der Waals surface area contributed by atoms with E-state index in [1.54, 1.807) is 21.1 Å². The molecule has 3 rings (SSSR count). The number of hydrogen-bond donors (Lipinski definition) is 3. The largest absolute Gasteiger partial charge is 0.497 e. The Kier molecular flexibility index (Phi) is 6.61. The Labute approximate surface area is 182 Å². The van der Waals surface area contributed by atoms with Crippen molar-refractivity contribution in [3.05, 3.63) is 80.8 Å². The van der Waals surface area contributed by atoms with Gasteiger partial charge in [-0.05, 0) is 55.2 Å². The molecule has 0 aliphatic carbocycles. The number of ether oxygens (including phenoxy) is 1. The Balaban J connectivity index is 2.17. The number of aliphatic hydroxyl groups excluding tert-OH is 1. The molecule has 6 nitrogen and oxygen atoms in total. The molecule has 31 heavy (non-hydrogen) atoms. The fourth-order valence-electron chi connectivity index (χ4n) is 3.76. The predicted molar refractivity (Wildman–Crippen MR) is 125 cm³/mol. The predicted octanol–water partition coefficient (Wildman–Crippen LogP) is 4.34. The van der Waals surface area contributed by atoms with Gasteiger partial charge in [-0.15, -0.1) is 0 Å². The van der Waals surface area contributed by atoms with E-state index in [1.165, 1.54) is 10.8 Å². The number of nitrogens with zero attached hydrogens (tertiary/aromatic N) is 1. The third kappa shape index (κ3) is 4.39. The standard InChI is InChI=1S/C25H29N3O3/c1-15-6-9-19(12-16(15)2)22-21(13-26)23(25(30)28(4)24(22)17(3)29)27-14-18-7-10-20(31-5)11-8-18/h6-13,17,26-27,29H,14H2,1-5H3. The van der Waals surface area contributed by atoms with Crippen LogP contribution >= 0.6 is 0 Å². The normalized spacial score (nSPS) is 11.8. The molecule has 1 heterocycles. The van der Waals surface area contributed by atoms with Crippen LogP contribution in [0.4, 0.5) is 5.69 Å². The van der Waals surface area contributed by atoms with Crippen LogP contribution in [0, 0.1) is 19.3 Å². The van der Waals surface area contributed by atoms with Crippen LogP contribution in [0.2, 0.25) is 0 Å². The molecule has 0 fully saturated rings. The molecule has 0 spiro atoms. The zero-order chi connectivity index (χ0) is 22.7. The Morgan fingerprint density at radius 2 is 1.84 bits per heavy atom. The van der Waals surface area contributed by atoms with Crippen LogP contribution in [0.15, 0.2) is 47.3 Å². The quantitative estimate of drug-likeness (QED) is 0.497. The summed E-state index contributed by atoms with van der Waals surface area (Å²) in [5.74, 6) is 0.762. The van der Waals surface area contributed by atoms with Gasteiger partial charge in [0.15, 0.2) is 0 Å². The van der Waals surface area contributed by atoms with E-state index < -0.39 is 6.10 Å². The Hall–Kier alpha value is -3.38. The van der Waals surface area contributed by atoms with Gasteiger partial charge in [0.2, 0.25) is 0 Å². The number of aromatic nitrogens is 1. The molecule has 6 heteroatoms. The van der Waals surface area contributed by atoms with Crippen LogP contribution < -0.4 is 15.6 Å². The second kappa shape index (κ2) is 9.18. The molecular formula is C25H29N3O3. The van der Waals surface area contributed by atoms with Crippen molar-refractivity contribution in [1.82, 2.24) is 4.57 Å². The lowest BCUT2D eigenvalue weighted by atomic mass is 9.92. The molecule has 3 aromatic rings. The minimum absolute atomic E-state index is 0.282. The first kappa shape index (κ1) is 22.3. The Bertz CT molecular complexity index is 1160. The molecule has 2 aromatic carbocycles. The maximum Gasteiger partial charge on any atom is 0.274 e. The van der Waals surface area contributed by atoms with Gasteiger partial charge in [-0.1, -0.05) is 30.3 Å². The molecule has 0 aliphatic heterocycles. The first-order valence-electron chi connectivity index (χ1n) is 10.2. The number of aryl methyl sites for hydroxylation is 2. The second-order valence-electron chi connectivity index (χ2n) is 7.73. The first-order valence-corrected chi connectivity index (χ1v) is 10.2. The van der Waals surface area contributed by atoms with E-state index in [2.05, 4.69) is 5.32 Å². The third-order valence-electron chi connectivity index (χ3n) is 5.64. The van der Waals surface area contributed by atoms with Crippen LogP contribution in [0.1, 0.15) is 41.0 Å². The number of anilines is 1. The van der Waals surface area contributed by atoms with E-state index in [4.69, 9.17) is 10.1 Å². The van der Waals surface area contributed by atoms with Gasteiger partial charge in [0.05, 0.1) is 18.9 Å². The van der Waals surface area contributed by atoms with Gasteiger partial charge < -0.3 is 25.1 Å². The SMILES string of the molecule is COc1ccc(CNc2c(C=N)c(-c3ccc(C)c(C)c3)c(C(C)O)n(C)c2=O)cc1. The maximum absolute atomic E-state index is 13.2. The van der Waals surface area contributed by atoms with Gasteiger partial charge >= 0.3 is 0 Å². The van der Waals surface area contributed by atoms with E-state index >= 15 is 0 Å². The van der Waals surface area contributed by atoms with Crippen molar-refractivity contribution in [3.63, 3.8) is 0 Å². The lowest BCUT2D eigenvalue weighted by Crippen LogP contribution is -2.28. The van der Waals surface area contributed by atoms with Crippen molar-refractivity contribution in [3.8, 4) is 16.9 Å². The number of pyridine rings is 1. The molecule has 0 saturated carbocycles. The average molecular weight is 420 g/mol. The smallest absolute Gasteiger partial charge is 0.274 e. The van der Waals surface area contributed by atoms with Crippen molar-refractivity contribution in [1.29, 1.82) is 5.41 Å². The molecule has 0 aliphatic rings. The highest BCUT2D eigenvalue weighted by Gasteiger charge is 2.23. The third-order valence-corrected chi connectivity index (χ3v) is 5.64. The van der Waals surface area contributed by atoms with Crippen molar-refractivity contribution in [2.45, 2.75) is 33.4 Å². The summed E-state index contributed by atoms with van der Waals surface area (Å²) in [6.07, 6.45) is 0.317. The summed E-state index contributed by atoms with van der Waals surface area (Å²) in [5, 5.41) is 21.8. The zero-order valence-corrected chi connectivity index (χ0v) is 18.6. The fraction of sp³-hybridized carbons (Fsp3) is 0.280. The van der Waals surface area contributed by atoms with Crippen LogP contribution in [0.5, 0.6) is 5.75 Å². The first-order chi connectivity index (χ1) is 14.8. The van der Waals surface area contributed by atoms with Crippen molar-refractivity contribution >= 4 is 11.9 Å². The maximum atomic E-state index is 13.2. The molecule has 0 amide bonds. The topological polar surface area (TPSA) is 87.3 Å². The van der Waals surface area contributed by atoms with E-state index in [0.29, 0.717) is 29.1 Å². The number of methoxy groups -OCH3 is 1. The Morgan fingerprint density at radius 3 is 2.39 bits per heavy atom. The van der Waals surface area contributed by atoms with Gasteiger partial charge in [0.25, 0.3) is 5.56 Å². The molecule has 3 N–H and O–H groups in total. The lowest BCUT2D eigenvalue weighted by molar-refractivity contribution is 0.190. The molecule has 1 unspecified atom stereocenters. The van der Waals surface area contributed by atoms with Crippen molar-refractivity contribution in [2.24, 2.45) is 7.05 Å².